The van der Waals surface area contributed by atoms with Crippen molar-refractivity contribution in [1.29, 1.82) is 0 Å². The predicted octanol–water partition coefficient (Wildman–Crippen LogP) is 5.31. The quantitative estimate of drug-likeness (QED) is 0.401. The van der Waals surface area contributed by atoms with Gasteiger partial charge in [0.2, 0.25) is 5.82 Å². The highest BCUT2D eigenvalue weighted by molar-refractivity contribution is 7.98. The van der Waals surface area contributed by atoms with E-state index in [0.717, 1.165) is 5.56 Å². The average Bonchev–Trinajstić information content (AvgIpc) is 2.68. The first kappa shape index (κ1) is 20.4. The van der Waals surface area contributed by atoms with Gasteiger partial charge in [-0.3, -0.25) is 9.36 Å². The second kappa shape index (κ2) is 9.23. The van der Waals surface area contributed by atoms with Crippen LogP contribution in [0.3, 0.4) is 0 Å². The Bertz CT molecular complexity index is 1060. The molecule has 0 amide bonds. The van der Waals surface area contributed by atoms with Gasteiger partial charge in [0.25, 0.3) is 5.56 Å². The number of aromatic nitrogens is 3. The lowest BCUT2D eigenvalue weighted by atomic mass is 10.2. The minimum atomic E-state index is -0.368. The number of hydrogen-bond acceptors (Lipinski definition) is 5. The molecule has 1 heterocycles. The molecule has 1 aromatic heterocycles. The molecule has 1 N–H and O–H groups in total. The molecule has 0 aliphatic rings. The first-order valence-electron chi connectivity index (χ1n) is 8.15. The fourth-order valence-electron chi connectivity index (χ4n) is 2.33. The Balaban J connectivity index is 1.87. The van der Waals surface area contributed by atoms with Crippen LogP contribution in [0.4, 0.5) is 15.9 Å². The smallest absolute Gasteiger partial charge is 0.297 e. The van der Waals surface area contributed by atoms with Gasteiger partial charge in [-0.2, -0.15) is 0 Å². The van der Waals surface area contributed by atoms with Gasteiger partial charge in [0.05, 0.1) is 10.7 Å². The number of anilines is 2. The van der Waals surface area contributed by atoms with Gasteiger partial charge in [-0.25, -0.2) is 4.39 Å². The highest BCUT2D eigenvalue weighted by atomic mass is 35.5. The second-order valence-electron chi connectivity index (χ2n) is 5.70. The van der Waals surface area contributed by atoms with Gasteiger partial charge in [-0.15, -0.1) is 16.8 Å². The van der Waals surface area contributed by atoms with Gasteiger partial charge in [-0.05, 0) is 35.9 Å². The molecule has 0 radical (unpaired) electrons. The minimum absolute atomic E-state index is 0.0251. The third-order valence-electron chi connectivity index (χ3n) is 3.69. The standard InChI is InChI=1S/C19H15Cl2FN4OS/c1-2-9-26-18(27)17(23-16-10-13(20)5-8-15(16)21)24-25-19(26)28-11-12-3-6-14(22)7-4-12/h2-8,10H,1,9,11H2,(H,23,24). The number of benzene rings is 2. The number of hydrogen-bond donors (Lipinski definition) is 1. The summed E-state index contributed by atoms with van der Waals surface area (Å²) in [6.07, 6.45) is 1.60. The molecule has 0 saturated carbocycles. The van der Waals surface area contributed by atoms with E-state index in [-0.39, 0.29) is 23.7 Å². The number of rotatable bonds is 7. The zero-order valence-electron chi connectivity index (χ0n) is 14.5. The second-order valence-corrected chi connectivity index (χ2v) is 7.49. The van der Waals surface area contributed by atoms with Crippen molar-refractivity contribution >= 4 is 46.5 Å². The maximum Gasteiger partial charge on any atom is 0.297 e. The topological polar surface area (TPSA) is 59.8 Å². The van der Waals surface area contributed by atoms with E-state index in [1.807, 2.05) is 0 Å². The Kier molecular flexibility index (Phi) is 6.72. The van der Waals surface area contributed by atoms with Crippen LogP contribution >= 0.6 is 35.0 Å². The van der Waals surface area contributed by atoms with E-state index in [9.17, 15) is 9.18 Å². The SMILES string of the molecule is C=CCn1c(SCc2ccc(F)cc2)nnc(Nc2cc(Cl)ccc2Cl)c1=O. The van der Waals surface area contributed by atoms with E-state index in [1.165, 1.54) is 28.5 Å². The summed E-state index contributed by atoms with van der Waals surface area (Å²) in [5.74, 6) is 0.239. The van der Waals surface area contributed by atoms with Crippen molar-refractivity contribution in [2.24, 2.45) is 0 Å². The van der Waals surface area contributed by atoms with Gasteiger partial charge in [0.15, 0.2) is 5.16 Å². The van der Waals surface area contributed by atoms with E-state index >= 15 is 0 Å². The van der Waals surface area contributed by atoms with Crippen LogP contribution in [0, 0.1) is 5.82 Å². The number of nitrogens with zero attached hydrogens (tertiary/aromatic N) is 3. The summed E-state index contributed by atoms with van der Waals surface area (Å²) in [5.41, 5.74) is 0.990. The maximum absolute atomic E-state index is 13.0. The minimum Gasteiger partial charge on any atom is -0.333 e. The van der Waals surface area contributed by atoms with Crippen LogP contribution in [0.15, 0.2) is 65.1 Å². The van der Waals surface area contributed by atoms with Gasteiger partial charge in [0, 0.05) is 17.3 Å². The summed E-state index contributed by atoms with van der Waals surface area (Å²) in [4.78, 5) is 12.8. The molecule has 0 atom stereocenters. The largest absolute Gasteiger partial charge is 0.333 e. The molecule has 2 aromatic carbocycles. The third-order valence-corrected chi connectivity index (χ3v) is 5.29. The molecule has 3 rings (SSSR count). The van der Waals surface area contributed by atoms with E-state index in [2.05, 4.69) is 22.1 Å². The predicted molar refractivity (Wildman–Crippen MR) is 112 cm³/mol. The molecule has 0 fully saturated rings. The first-order valence-corrected chi connectivity index (χ1v) is 9.90. The van der Waals surface area contributed by atoms with E-state index in [4.69, 9.17) is 23.2 Å². The Hall–Kier alpha value is -2.35. The zero-order valence-corrected chi connectivity index (χ0v) is 16.9. The van der Waals surface area contributed by atoms with Crippen molar-refractivity contribution in [2.75, 3.05) is 5.32 Å². The molecule has 28 heavy (non-hydrogen) atoms. The van der Waals surface area contributed by atoms with Crippen LogP contribution in [0.5, 0.6) is 0 Å². The third kappa shape index (κ3) is 4.92. The van der Waals surface area contributed by atoms with Crippen molar-refractivity contribution in [3.05, 3.63) is 86.9 Å². The lowest BCUT2D eigenvalue weighted by Crippen LogP contribution is -2.26. The van der Waals surface area contributed by atoms with Crippen LogP contribution in [-0.4, -0.2) is 14.8 Å². The lowest BCUT2D eigenvalue weighted by molar-refractivity contribution is 0.625. The van der Waals surface area contributed by atoms with Crippen LogP contribution in [-0.2, 0) is 12.3 Å². The number of halogens is 3. The highest BCUT2D eigenvalue weighted by Gasteiger charge is 2.14. The van der Waals surface area contributed by atoms with Gasteiger partial charge in [0.1, 0.15) is 5.82 Å². The molecule has 0 aliphatic carbocycles. The summed E-state index contributed by atoms with van der Waals surface area (Å²) in [5, 5.41) is 12.3. The fraction of sp³-hybridized carbons (Fsp3) is 0.105. The van der Waals surface area contributed by atoms with Crippen LogP contribution in [0.25, 0.3) is 0 Å². The van der Waals surface area contributed by atoms with E-state index in [1.54, 1.807) is 36.4 Å². The molecular weight excluding hydrogens is 422 g/mol. The Morgan fingerprint density at radius 1 is 1.18 bits per heavy atom. The number of thioether (sulfide) groups is 1. The zero-order chi connectivity index (χ0) is 20.1. The Labute approximate surface area is 175 Å². The Morgan fingerprint density at radius 3 is 2.64 bits per heavy atom. The van der Waals surface area contributed by atoms with Gasteiger partial charge >= 0.3 is 0 Å². The first-order chi connectivity index (χ1) is 13.5. The van der Waals surface area contributed by atoms with Gasteiger partial charge < -0.3 is 5.32 Å². The summed E-state index contributed by atoms with van der Waals surface area (Å²) in [6.45, 7) is 3.95. The van der Waals surface area contributed by atoms with Crippen molar-refractivity contribution in [1.82, 2.24) is 14.8 Å². The molecule has 0 spiro atoms. The maximum atomic E-state index is 13.0. The normalized spacial score (nSPS) is 10.7. The summed E-state index contributed by atoms with van der Waals surface area (Å²) in [6, 6.07) is 11.0. The average molecular weight is 437 g/mol. The molecule has 144 valence electrons. The fourth-order valence-corrected chi connectivity index (χ4v) is 3.57. The van der Waals surface area contributed by atoms with Crippen molar-refractivity contribution < 1.29 is 4.39 Å². The summed E-state index contributed by atoms with van der Waals surface area (Å²) >= 11 is 13.4. The van der Waals surface area contributed by atoms with Crippen LogP contribution in [0.2, 0.25) is 10.0 Å². The molecule has 0 aliphatic heterocycles. The molecule has 5 nitrogen and oxygen atoms in total. The van der Waals surface area contributed by atoms with Crippen molar-refractivity contribution in [3.8, 4) is 0 Å². The highest BCUT2D eigenvalue weighted by Crippen LogP contribution is 2.27. The van der Waals surface area contributed by atoms with Crippen molar-refractivity contribution in [2.45, 2.75) is 17.5 Å². The molecule has 0 bridgehead atoms. The number of nitrogens with one attached hydrogen (secondary N) is 1. The Morgan fingerprint density at radius 2 is 1.93 bits per heavy atom. The van der Waals surface area contributed by atoms with Gasteiger partial charge in [-0.1, -0.05) is 53.2 Å². The van der Waals surface area contributed by atoms with Crippen molar-refractivity contribution in [3.63, 3.8) is 0 Å². The molecule has 3 aromatic rings. The van der Waals surface area contributed by atoms with E-state index in [0.29, 0.717) is 26.6 Å². The number of allylic oxidation sites excluding steroid dienone is 1. The summed E-state index contributed by atoms with van der Waals surface area (Å²) < 4.78 is 14.5. The summed E-state index contributed by atoms with van der Waals surface area (Å²) in [7, 11) is 0. The van der Waals surface area contributed by atoms with E-state index < -0.39 is 0 Å². The lowest BCUT2D eigenvalue weighted by Gasteiger charge is -2.12. The molecular formula is C19H15Cl2FN4OS. The van der Waals surface area contributed by atoms with Crippen LogP contribution < -0.4 is 10.9 Å². The molecule has 0 unspecified atom stereocenters. The monoisotopic (exact) mass is 436 g/mol. The molecule has 0 saturated heterocycles. The van der Waals surface area contributed by atoms with Crippen LogP contribution in [0.1, 0.15) is 5.56 Å². The molecule has 9 heteroatoms.